The van der Waals surface area contributed by atoms with Crippen molar-refractivity contribution in [3.8, 4) is 5.75 Å². The van der Waals surface area contributed by atoms with Crippen molar-refractivity contribution < 1.29 is 14.3 Å². The topological polar surface area (TPSA) is 82.4 Å². The van der Waals surface area contributed by atoms with Gasteiger partial charge in [0, 0.05) is 25.2 Å². The number of aromatic nitrogens is 4. The molecule has 2 heterocycles. The number of hydrogen-bond donors (Lipinski definition) is 0. The van der Waals surface area contributed by atoms with Gasteiger partial charge in [-0.2, -0.15) is 0 Å². The van der Waals surface area contributed by atoms with Crippen LogP contribution in [-0.2, 0) is 17.9 Å². The molecule has 1 amide bonds. The number of carbonyl (C=O) groups excluding carboxylic acids is 1. The number of rotatable bonds is 5. The van der Waals surface area contributed by atoms with Crippen LogP contribution < -0.4 is 4.74 Å². The van der Waals surface area contributed by atoms with E-state index >= 15 is 0 Å². The van der Waals surface area contributed by atoms with Crippen molar-refractivity contribution in [2.75, 3.05) is 13.1 Å². The average molecular weight is 345 g/mol. The Morgan fingerprint density at radius 1 is 1.32 bits per heavy atom. The number of nitrogens with zero attached hydrogens (tertiary/aromatic N) is 5. The molecule has 3 rings (SSSR count). The van der Waals surface area contributed by atoms with Crippen molar-refractivity contribution in [3.63, 3.8) is 0 Å². The smallest absolute Gasteiger partial charge is 0.254 e. The van der Waals surface area contributed by atoms with Crippen LogP contribution in [0.3, 0.4) is 0 Å². The third-order valence-corrected chi connectivity index (χ3v) is 4.06. The number of benzene rings is 1. The van der Waals surface area contributed by atoms with Crippen LogP contribution in [-0.4, -0.2) is 56.3 Å². The van der Waals surface area contributed by atoms with Gasteiger partial charge in [-0.05, 0) is 49.4 Å². The zero-order valence-corrected chi connectivity index (χ0v) is 14.8. The van der Waals surface area contributed by atoms with Gasteiger partial charge in [-0.3, -0.25) is 4.79 Å². The van der Waals surface area contributed by atoms with Crippen molar-refractivity contribution in [2.24, 2.45) is 0 Å². The second-order valence-electron chi connectivity index (χ2n) is 6.19. The lowest BCUT2D eigenvalue weighted by Gasteiger charge is -2.35. The Bertz CT molecular complexity index is 723. The molecule has 8 heteroatoms. The molecular formula is C17H23N5O3. The van der Waals surface area contributed by atoms with Gasteiger partial charge in [-0.15, -0.1) is 5.10 Å². The van der Waals surface area contributed by atoms with E-state index in [4.69, 9.17) is 9.47 Å². The largest absolute Gasteiger partial charge is 0.486 e. The van der Waals surface area contributed by atoms with Crippen LogP contribution in [0.4, 0.5) is 0 Å². The number of morpholine rings is 1. The predicted octanol–water partition coefficient (Wildman–Crippen LogP) is 1.52. The van der Waals surface area contributed by atoms with E-state index in [0.717, 1.165) is 0 Å². The molecule has 1 aromatic heterocycles. The Hall–Kier alpha value is -2.48. The van der Waals surface area contributed by atoms with E-state index in [0.29, 0.717) is 36.8 Å². The summed E-state index contributed by atoms with van der Waals surface area (Å²) in [5, 5.41) is 11.4. The fourth-order valence-corrected chi connectivity index (χ4v) is 2.97. The summed E-state index contributed by atoms with van der Waals surface area (Å²) in [4.78, 5) is 14.6. The third kappa shape index (κ3) is 4.14. The van der Waals surface area contributed by atoms with Gasteiger partial charge in [0.25, 0.3) is 5.91 Å². The Morgan fingerprint density at radius 2 is 2.08 bits per heavy atom. The number of tetrazole rings is 1. The Morgan fingerprint density at radius 3 is 2.80 bits per heavy atom. The summed E-state index contributed by atoms with van der Waals surface area (Å²) in [6.45, 7) is 8.05. The SMILES string of the molecule is CCn1nnnc1COc1cccc(C(=O)N2CC(C)OC(C)C2)c1. The molecule has 0 aliphatic carbocycles. The predicted molar refractivity (Wildman–Crippen MR) is 90.2 cm³/mol. The van der Waals surface area contributed by atoms with Crippen LogP contribution in [0.2, 0.25) is 0 Å². The molecule has 1 fully saturated rings. The van der Waals surface area contributed by atoms with Crippen LogP contribution in [0.15, 0.2) is 24.3 Å². The molecule has 2 aromatic rings. The number of aryl methyl sites for hydroxylation is 1. The molecule has 8 nitrogen and oxygen atoms in total. The third-order valence-electron chi connectivity index (χ3n) is 4.06. The molecule has 1 aliphatic heterocycles. The molecule has 1 saturated heterocycles. The first-order chi connectivity index (χ1) is 12.1. The fourth-order valence-electron chi connectivity index (χ4n) is 2.97. The number of ether oxygens (including phenoxy) is 2. The van der Waals surface area contributed by atoms with Gasteiger partial charge in [0.05, 0.1) is 12.2 Å². The van der Waals surface area contributed by atoms with Gasteiger partial charge >= 0.3 is 0 Å². The molecule has 1 aromatic carbocycles. The molecule has 0 saturated carbocycles. The lowest BCUT2D eigenvalue weighted by Crippen LogP contribution is -2.48. The molecule has 0 N–H and O–H groups in total. The zero-order valence-electron chi connectivity index (χ0n) is 14.8. The molecule has 1 aliphatic rings. The van der Waals surface area contributed by atoms with Crippen LogP contribution in [0.25, 0.3) is 0 Å². The highest BCUT2D eigenvalue weighted by atomic mass is 16.5. The first kappa shape index (κ1) is 17.3. The normalized spacial score (nSPS) is 20.5. The molecule has 0 spiro atoms. The van der Waals surface area contributed by atoms with E-state index < -0.39 is 0 Å². The van der Waals surface area contributed by atoms with E-state index in [1.807, 2.05) is 37.8 Å². The molecule has 0 bridgehead atoms. The lowest BCUT2D eigenvalue weighted by atomic mass is 10.1. The van der Waals surface area contributed by atoms with Crippen LogP contribution >= 0.6 is 0 Å². The summed E-state index contributed by atoms with van der Waals surface area (Å²) in [5.41, 5.74) is 0.605. The standard InChI is InChI=1S/C17H23N5O3/c1-4-22-16(18-19-20-22)11-24-15-7-5-6-14(8-15)17(23)21-9-12(2)25-13(3)10-21/h5-8,12-13H,4,9-11H2,1-3H3. The Kier molecular flexibility index (Phi) is 5.28. The monoisotopic (exact) mass is 345 g/mol. The first-order valence-corrected chi connectivity index (χ1v) is 8.49. The van der Waals surface area contributed by atoms with Gasteiger partial charge in [0.15, 0.2) is 5.82 Å². The summed E-state index contributed by atoms with van der Waals surface area (Å²) in [6.07, 6.45) is 0.0834. The van der Waals surface area contributed by atoms with Crippen LogP contribution in [0.5, 0.6) is 5.75 Å². The van der Waals surface area contributed by atoms with Crippen molar-refractivity contribution in [1.82, 2.24) is 25.1 Å². The summed E-state index contributed by atoms with van der Waals surface area (Å²) >= 11 is 0. The van der Waals surface area contributed by atoms with Crippen molar-refractivity contribution in [3.05, 3.63) is 35.7 Å². The molecule has 2 atom stereocenters. The van der Waals surface area contributed by atoms with E-state index in [2.05, 4.69) is 15.5 Å². The maximum absolute atomic E-state index is 12.8. The van der Waals surface area contributed by atoms with Gasteiger partial charge in [0.2, 0.25) is 0 Å². The first-order valence-electron chi connectivity index (χ1n) is 8.49. The minimum atomic E-state index is -0.00848. The Labute approximate surface area is 146 Å². The number of carbonyl (C=O) groups is 1. The molecule has 134 valence electrons. The van der Waals surface area contributed by atoms with E-state index in [-0.39, 0.29) is 24.7 Å². The second-order valence-corrected chi connectivity index (χ2v) is 6.19. The van der Waals surface area contributed by atoms with E-state index in [9.17, 15) is 4.79 Å². The van der Waals surface area contributed by atoms with Crippen molar-refractivity contribution in [1.29, 1.82) is 0 Å². The number of amides is 1. The quantitative estimate of drug-likeness (QED) is 0.817. The lowest BCUT2D eigenvalue weighted by molar-refractivity contribution is -0.0586. The van der Waals surface area contributed by atoms with Gasteiger partial charge < -0.3 is 14.4 Å². The highest BCUT2D eigenvalue weighted by Gasteiger charge is 2.26. The average Bonchev–Trinajstić information content (AvgIpc) is 3.06. The van der Waals surface area contributed by atoms with Gasteiger partial charge in [-0.1, -0.05) is 6.07 Å². The van der Waals surface area contributed by atoms with Crippen LogP contribution in [0, 0.1) is 0 Å². The van der Waals surface area contributed by atoms with E-state index in [1.165, 1.54) is 0 Å². The minimum Gasteiger partial charge on any atom is -0.486 e. The second kappa shape index (κ2) is 7.60. The summed E-state index contributed by atoms with van der Waals surface area (Å²) < 4.78 is 13.1. The summed E-state index contributed by atoms with van der Waals surface area (Å²) in [7, 11) is 0. The maximum Gasteiger partial charge on any atom is 0.254 e. The van der Waals surface area contributed by atoms with E-state index in [1.54, 1.807) is 16.8 Å². The highest BCUT2D eigenvalue weighted by Crippen LogP contribution is 2.19. The van der Waals surface area contributed by atoms with Crippen molar-refractivity contribution >= 4 is 5.91 Å². The summed E-state index contributed by atoms with van der Waals surface area (Å²) in [5.74, 6) is 1.26. The molecule has 2 unspecified atom stereocenters. The van der Waals surface area contributed by atoms with Gasteiger partial charge in [0.1, 0.15) is 12.4 Å². The van der Waals surface area contributed by atoms with Gasteiger partial charge in [-0.25, -0.2) is 4.68 Å². The zero-order chi connectivity index (χ0) is 17.8. The maximum atomic E-state index is 12.8. The Balaban J connectivity index is 1.67. The molecule has 0 radical (unpaired) electrons. The molecular weight excluding hydrogens is 322 g/mol. The fraction of sp³-hybridized carbons (Fsp3) is 0.529. The molecule has 25 heavy (non-hydrogen) atoms. The van der Waals surface area contributed by atoms with Crippen LogP contribution in [0.1, 0.15) is 37.0 Å². The number of hydrogen-bond acceptors (Lipinski definition) is 6. The highest BCUT2D eigenvalue weighted by molar-refractivity contribution is 5.94. The van der Waals surface area contributed by atoms with Crippen molar-refractivity contribution in [2.45, 2.75) is 46.1 Å². The summed E-state index contributed by atoms with van der Waals surface area (Å²) in [6, 6.07) is 7.20. The minimum absolute atomic E-state index is 0.00848.